The predicted molar refractivity (Wildman–Crippen MR) is 102 cm³/mol. The third-order valence-electron chi connectivity index (χ3n) is 3.81. The molecule has 0 saturated carbocycles. The number of pyridine rings is 1. The Morgan fingerprint density at radius 3 is 2.70 bits per heavy atom. The average Bonchev–Trinajstić information content (AvgIpc) is 3.38. The normalized spacial score (nSPS) is 10.6. The molecule has 0 bridgehead atoms. The van der Waals surface area contributed by atoms with Gasteiger partial charge in [-0.25, -0.2) is 9.97 Å². The van der Waals surface area contributed by atoms with Crippen LogP contribution in [0.3, 0.4) is 0 Å². The van der Waals surface area contributed by atoms with Crippen LogP contribution in [0.4, 0.5) is 5.13 Å². The number of nitrogens with one attached hydrogen (secondary N) is 1. The highest BCUT2D eigenvalue weighted by molar-refractivity contribution is 7.19. The van der Waals surface area contributed by atoms with Gasteiger partial charge in [0.1, 0.15) is 5.75 Å². The van der Waals surface area contributed by atoms with Crippen molar-refractivity contribution in [3.05, 3.63) is 67.1 Å². The van der Waals surface area contributed by atoms with E-state index in [-0.39, 0.29) is 11.6 Å². The molecular formula is C19H14N4O3S. The summed E-state index contributed by atoms with van der Waals surface area (Å²) in [4.78, 5) is 25.9. The molecule has 0 aliphatic carbocycles. The lowest BCUT2D eigenvalue weighted by Gasteiger charge is -2.03. The van der Waals surface area contributed by atoms with Crippen molar-refractivity contribution in [3.63, 3.8) is 0 Å². The van der Waals surface area contributed by atoms with Gasteiger partial charge >= 0.3 is 0 Å². The van der Waals surface area contributed by atoms with E-state index >= 15 is 0 Å². The van der Waals surface area contributed by atoms with Crippen LogP contribution in [0.1, 0.15) is 10.5 Å². The summed E-state index contributed by atoms with van der Waals surface area (Å²) < 4.78 is 10.6. The molecule has 8 heteroatoms. The minimum atomic E-state index is -0.387. The molecule has 3 heterocycles. The van der Waals surface area contributed by atoms with Crippen LogP contribution in [-0.2, 0) is 0 Å². The Bertz CT molecular complexity index is 1060. The molecule has 0 radical (unpaired) electrons. The number of ether oxygens (including phenoxy) is 1. The number of rotatable bonds is 5. The second kappa shape index (κ2) is 7.38. The number of methoxy groups -OCH3 is 1. The first-order chi connectivity index (χ1) is 13.2. The Kier molecular flexibility index (Phi) is 4.63. The lowest BCUT2D eigenvalue weighted by Crippen LogP contribution is -2.13. The molecule has 134 valence electrons. The number of hydrogen-bond acceptors (Lipinski definition) is 7. The van der Waals surface area contributed by atoms with Crippen molar-refractivity contribution in [1.29, 1.82) is 0 Å². The van der Waals surface area contributed by atoms with Gasteiger partial charge in [0.2, 0.25) is 0 Å². The van der Waals surface area contributed by atoms with Crippen LogP contribution in [-0.4, -0.2) is 28.0 Å². The van der Waals surface area contributed by atoms with Crippen LogP contribution in [0.15, 0.2) is 65.8 Å². The fourth-order valence-corrected chi connectivity index (χ4v) is 3.29. The number of hydrogen-bond donors (Lipinski definition) is 1. The van der Waals surface area contributed by atoms with E-state index in [9.17, 15) is 4.79 Å². The average molecular weight is 378 g/mol. The number of nitrogens with zero attached hydrogens (tertiary/aromatic N) is 3. The summed E-state index contributed by atoms with van der Waals surface area (Å²) in [6.07, 6.45) is 6.40. The van der Waals surface area contributed by atoms with Crippen LogP contribution in [0.2, 0.25) is 0 Å². The second-order valence-electron chi connectivity index (χ2n) is 5.48. The van der Waals surface area contributed by atoms with Crippen molar-refractivity contribution in [2.45, 2.75) is 0 Å². The summed E-state index contributed by atoms with van der Waals surface area (Å²) in [5.41, 5.74) is 1.86. The highest BCUT2D eigenvalue weighted by atomic mass is 32.1. The molecule has 0 fully saturated rings. The Hall–Kier alpha value is -3.52. The third-order valence-corrected chi connectivity index (χ3v) is 4.77. The molecule has 0 aliphatic heterocycles. The molecule has 1 aromatic carbocycles. The highest BCUT2D eigenvalue weighted by Crippen LogP contribution is 2.30. The Labute approximate surface area is 158 Å². The maximum atomic E-state index is 12.6. The monoisotopic (exact) mass is 378 g/mol. The summed E-state index contributed by atoms with van der Waals surface area (Å²) >= 11 is 1.36. The largest absolute Gasteiger partial charge is 0.497 e. The Morgan fingerprint density at radius 2 is 1.96 bits per heavy atom. The first-order valence-corrected chi connectivity index (χ1v) is 8.82. The number of amides is 1. The van der Waals surface area contributed by atoms with Crippen LogP contribution >= 0.6 is 11.3 Å². The number of thiazole rings is 1. The number of anilines is 1. The van der Waals surface area contributed by atoms with Gasteiger partial charge in [-0.05, 0) is 30.3 Å². The van der Waals surface area contributed by atoms with Crippen molar-refractivity contribution < 1.29 is 13.9 Å². The van der Waals surface area contributed by atoms with E-state index in [1.165, 1.54) is 17.7 Å². The smallest absolute Gasteiger partial charge is 0.280 e. The summed E-state index contributed by atoms with van der Waals surface area (Å²) in [6, 6.07) is 11.0. The summed E-state index contributed by atoms with van der Waals surface area (Å²) in [5, 5.41) is 3.24. The van der Waals surface area contributed by atoms with Crippen LogP contribution in [0, 0.1) is 0 Å². The van der Waals surface area contributed by atoms with Gasteiger partial charge in [0.05, 0.1) is 12.0 Å². The number of carbonyl (C=O) groups is 1. The second-order valence-corrected chi connectivity index (χ2v) is 6.51. The Morgan fingerprint density at radius 1 is 1.11 bits per heavy atom. The van der Waals surface area contributed by atoms with E-state index in [1.807, 2.05) is 12.1 Å². The number of carbonyl (C=O) groups excluding carboxylic acids is 1. The first kappa shape index (κ1) is 16.9. The summed E-state index contributed by atoms with van der Waals surface area (Å²) in [7, 11) is 1.59. The third kappa shape index (κ3) is 3.56. The Balaban J connectivity index is 1.54. The molecule has 0 spiro atoms. The molecule has 0 unspecified atom stereocenters. The molecule has 3 aromatic heterocycles. The quantitative estimate of drug-likeness (QED) is 0.562. The van der Waals surface area contributed by atoms with E-state index < -0.39 is 0 Å². The fourth-order valence-electron chi connectivity index (χ4n) is 2.49. The van der Waals surface area contributed by atoms with Gasteiger partial charge in [0, 0.05) is 29.7 Å². The molecule has 0 atom stereocenters. The molecule has 0 saturated heterocycles. The van der Waals surface area contributed by atoms with Gasteiger partial charge in [0.15, 0.2) is 23.0 Å². The topological polar surface area (TPSA) is 90.1 Å². The summed E-state index contributed by atoms with van der Waals surface area (Å²) in [5.74, 6) is 0.718. The number of oxazole rings is 1. The summed E-state index contributed by atoms with van der Waals surface area (Å²) in [6.45, 7) is 0. The van der Waals surface area contributed by atoms with Crippen LogP contribution in [0.25, 0.3) is 21.8 Å². The fraction of sp³-hybridized carbons (Fsp3) is 0.0526. The van der Waals surface area contributed by atoms with Gasteiger partial charge < -0.3 is 9.15 Å². The van der Waals surface area contributed by atoms with Crippen molar-refractivity contribution in [2.75, 3.05) is 12.4 Å². The zero-order valence-corrected chi connectivity index (χ0v) is 15.1. The molecule has 4 aromatic rings. The van der Waals surface area contributed by atoms with Crippen molar-refractivity contribution >= 4 is 22.4 Å². The number of benzene rings is 1. The molecule has 1 amide bonds. The molecule has 1 N–H and O–H groups in total. The SMILES string of the molecule is COc1ccc(-c2ocnc2C(=O)Nc2ncc(-c3cccnc3)s2)cc1. The lowest BCUT2D eigenvalue weighted by atomic mass is 10.1. The van der Waals surface area contributed by atoms with Gasteiger partial charge in [-0.1, -0.05) is 17.4 Å². The van der Waals surface area contributed by atoms with E-state index in [0.717, 1.165) is 21.8 Å². The zero-order valence-electron chi connectivity index (χ0n) is 14.2. The van der Waals surface area contributed by atoms with E-state index in [2.05, 4.69) is 20.3 Å². The van der Waals surface area contributed by atoms with Gasteiger partial charge in [0.25, 0.3) is 5.91 Å². The van der Waals surface area contributed by atoms with Crippen LogP contribution < -0.4 is 10.1 Å². The van der Waals surface area contributed by atoms with E-state index in [4.69, 9.17) is 9.15 Å². The van der Waals surface area contributed by atoms with Gasteiger partial charge in [-0.15, -0.1) is 0 Å². The standard InChI is InChI=1S/C19H14N4O3S/c1-25-14-6-4-12(5-7-14)17-16(22-11-26-17)18(24)23-19-21-10-15(27-19)13-3-2-8-20-9-13/h2-11H,1H3,(H,21,23,24). The number of aromatic nitrogens is 3. The minimum absolute atomic E-state index is 0.193. The maximum absolute atomic E-state index is 12.6. The molecule has 0 aliphatic rings. The molecule has 7 nitrogen and oxygen atoms in total. The van der Waals surface area contributed by atoms with Crippen molar-refractivity contribution in [1.82, 2.24) is 15.0 Å². The molecule has 27 heavy (non-hydrogen) atoms. The van der Waals surface area contributed by atoms with Gasteiger partial charge in [-0.2, -0.15) is 0 Å². The van der Waals surface area contributed by atoms with Crippen LogP contribution in [0.5, 0.6) is 5.75 Å². The first-order valence-electron chi connectivity index (χ1n) is 8.00. The zero-order chi connectivity index (χ0) is 18.6. The lowest BCUT2D eigenvalue weighted by molar-refractivity contribution is 0.102. The van der Waals surface area contributed by atoms with Crippen molar-refractivity contribution in [3.8, 4) is 27.5 Å². The molecule has 4 rings (SSSR count). The van der Waals surface area contributed by atoms with E-state index in [1.54, 1.807) is 50.0 Å². The van der Waals surface area contributed by atoms with Crippen molar-refractivity contribution in [2.24, 2.45) is 0 Å². The van der Waals surface area contributed by atoms with Gasteiger partial charge in [-0.3, -0.25) is 15.1 Å². The van der Waals surface area contributed by atoms with E-state index in [0.29, 0.717) is 10.9 Å². The maximum Gasteiger partial charge on any atom is 0.280 e. The minimum Gasteiger partial charge on any atom is -0.497 e. The highest BCUT2D eigenvalue weighted by Gasteiger charge is 2.19. The predicted octanol–water partition coefficient (Wildman–Crippen LogP) is 4.12. The molecular weight excluding hydrogens is 364 g/mol.